The second kappa shape index (κ2) is 6.55. The topological polar surface area (TPSA) is 15.3 Å². The Balaban J connectivity index is 2.05. The molecule has 0 bridgehead atoms. The van der Waals surface area contributed by atoms with Crippen molar-refractivity contribution in [2.24, 2.45) is 5.92 Å². The third kappa shape index (κ3) is 3.47. The number of rotatable bonds is 4. The van der Waals surface area contributed by atoms with Gasteiger partial charge in [0.15, 0.2) is 0 Å². The van der Waals surface area contributed by atoms with Crippen molar-refractivity contribution >= 4 is 11.6 Å². The van der Waals surface area contributed by atoms with Gasteiger partial charge in [0.25, 0.3) is 0 Å². The Bertz CT molecular complexity index is 381. The Kier molecular flexibility index (Phi) is 5.04. The van der Waals surface area contributed by atoms with Crippen molar-refractivity contribution in [2.45, 2.75) is 32.9 Å². The van der Waals surface area contributed by atoms with Crippen LogP contribution >= 0.6 is 11.6 Å². The van der Waals surface area contributed by atoms with Gasteiger partial charge in [0, 0.05) is 37.2 Å². The van der Waals surface area contributed by atoms with E-state index in [4.69, 9.17) is 11.6 Å². The Morgan fingerprint density at radius 3 is 3.06 bits per heavy atom. The van der Waals surface area contributed by atoms with E-state index in [1.807, 2.05) is 12.1 Å². The molecule has 3 heteroatoms. The van der Waals surface area contributed by atoms with Gasteiger partial charge in [-0.25, -0.2) is 0 Å². The van der Waals surface area contributed by atoms with Gasteiger partial charge in [-0.2, -0.15) is 0 Å². The van der Waals surface area contributed by atoms with Gasteiger partial charge in [0.2, 0.25) is 0 Å². The molecule has 0 aliphatic carbocycles. The van der Waals surface area contributed by atoms with E-state index < -0.39 is 0 Å². The molecule has 1 aromatic carbocycles. The maximum Gasteiger partial charge on any atom is 0.0409 e. The summed E-state index contributed by atoms with van der Waals surface area (Å²) in [4.78, 5) is 2.59. The zero-order valence-electron chi connectivity index (χ0n) is 11.3. The lowest BCUT2D eigenvalue weighted by Gasteiger charge is -2.39. The van der Waals surface area contributed by atoms with Gasteiger partial charge in [0.1, 0.15) is 0 Å². The van der Waals surface area contributed by atoms with Crippen molar-refractivity contribution in [1.82, 2.24) is 10.2 Å². The number of benzene rings is 1. The fourth-order valence-corrected chi connectivity index (χ4v) is 2.88. The van der Waals surface area contributed by atoms with Crippen LogP contribution in [0.4, 0.5) is 0 Å². The van der Waals surface area contributed by atoms with Crippen LogP contribution in [0.2, 0.25) is 5.02 Å². The van der Waals surface area contributed by atoms with Gasteiger partial charge < -0.3 is 5.32 Å². The van der Waals surface area contributed by atoms with Crippen LogP contribution in [0.15, 0.2) is 24.3 Å². The first-order valence-corrected chi connectivity index (χ1v) is 7.27. The van der Waals surface area contributed by atoms with Crippen LogP contribution in [0.25, 0.3) is 0 Å². The third-order valence-corrected chi connectivity index (χ3v) is 4.21. The molecule has 1 heterocycles. The first-order valence-electron chi connectivity index (χ1n) is 6.90. The fraction of sp³-hybridized carbons (Fsp3) is 0.600. The summed E-state index contributed by atoms with van der Waals surface area (Å²) in [7, 11) is 0. The number of piperazine rings is 1. The zero-order chi connectivity index (χ0) is 13.0. The molecule has 0 amide bonds. The summed E-state index contributed by atoms with van der Waals surface area (Å²) in [5, 5.41) is 4.35. The summed E-state index contributed by atoms with van der Waals surface area (Å²) in [6.45, 7) is 8.96. The maximum absolute atomic E-state index is 6.06. The molecule has 1 aromatic rings. The average Bonchev–Trinajstić information content (AvgIpc) is 2.38. The van der Waals surface area contributed by atoms with E-state index in [2.05, 4.69) is 36.2 Å². The van der Waals surface area contributed by atoms with Gasteiger partial charge in [-0.1, -0.05) is 44.0 Å². The summed E-state index contributed by atoms with van der Waals surface area (Å²) in [5.41, 5.74) is 1.32. The molecule has 2 rings (SSSR count). The molecular weight excluding hydrogens is 244 g/mol. The third-order valence-electron chi connectivity index (χ3n) is 3.97. The molecule has 1 fully saturated rings. The Morgan fingerprint density at radius 2 is 2.33 bits per heavy atom. The van der Waals surface area contributed by atoms with Crippen molar-refractivity contribution in [3.8, 4) is 0 Å². The molecule has 1 saturated heterocycles. The Labute approximate surface area is 115 Å². The predicted molar refractivity (Wildman–Crippen MR) is 78.0 cm³/mol. The Hall–Kier alpha value is -0.570. The van der Waals surface area contributed by atoms with Crippen LogP contribution in [0.5, 0.6) is 0 Å². The molecule has 1 aliphatic rings. The normalized spacial score (nSPS) is 22.9. The molecule has 1 N–H and O–H groups in total. The summed E-state index contributed by atoms with van der Waals surface area (Å²) >= 11 is 6.06. The van der Waals surface area contributed by atoms with E-state index in [0.29, 0.717) is 6.04 Å². The van der Waals surface area contributed by atoms with E-state index >= 15 is 0 Å². The van der Waals surface area contributed by atoms with Crippen molar-refractivity contribution in [3.05, 3.63) is 34.9 Å². The first-order chi connectivity index (χ1) is 8.70. The molecule has 2 atom stereocenters. The average molecular weight is 267 g/mol. The maximum atomic E-state index is 6.06. The van der Waals surface area contributed by atoms with Crippen LogP contribution in [0, 0.1) is 5.92 Å². The highest BCUT2D eigenvalue weighted by molar-refractivity contribution is 6.30. The van der Waals surface area contributed by atoms with E-state index in [1.165, 1.54) is 12.0 Å². The number of halogens is 1. The summed E-state index contributed by atoms with van der Waals surface area (Å²) in [6, 6.07) is 8.87. The van der Waals surface area contributed by atoms with Gasteiger partial charge in [-0.3, -0.25) is 4.90 Å². The van der Waals surface area contributed by atoms with E-state index in [-0.39, 0.29) is 0 Å². The Morgan fingerprint density at radius 1 is 1.50 bits per heavy atom. The lowest BCUT2D eigenvalue weighted by atomic mass is 9.95. The van der Waals surface area contributed by atoms with Gasteiger partial charge in [-0.05, 0) is 23.6 Å². The zero-order valence-corrected chi connectivity index (χ0v) is 12.1. The van der Waals surface area contributed by atoms with E-state index in [1.54, 1.807) is 0 Å². The van der Waals surface area contributed by atoms with Crippen molar-refractivity contribution in [3.63, 3.8) is 0 Å². The standard InChI is InChI=1S/C15H23ClN2/c1-3-12(2)15-10-17-7-8-18(15)11-13-5-4-6-14(16)9-13/h4-6,9,12,15,17H,3,7-8,10-11H2,1-2H3. The molecule has 0 aromatic heterocycles. The smallest absolute Gasteiger partial charge is 0.0409 e. The van der Waals surface area contributed by atoms with Gasteiger partial charge >= 0.3 is 0 Å². The van der Waals surface area contributed by atoms with Crippen LogP contribution in [-0.4, -0.2) is 30.6 Å². The van der Waals surface area contributed by atoms with Crippen LogP contribution in [0.3, 0.4) is 0 Å². The largest absolute Gasteiger partial charge is 0.314 e. The summed E-state index contributed by atoms with van der Waals surface area (Å²) < 4.78 is 0. The molecule has 18 heavy (non-hydrogen) atoms. The number of hydrogen-bond acceptors (Lipinski definition) is 2. The number of nitrogens with zero attached hydrogens (tertiary/aromatic N) is 1. The molecule has 0 spiro atoms. The number of nitrogens with one attached hydrogen (secondary N) is 1. The minimum atomic E-state index is 0.641. The molecule has 2 unspecified atom stereocenters. The molecule has 1 aliphatic heterocycles. The van der Waals surface area contributed by atoms with Crippen LogP contribution in [0.1, 0.15) is 25.8 Å². The minimum absolute atomic E-state index is 0.641. The monoisotopic (exact) mass is 266 g/mol. The second-order valence-electron chi connectivity index (χ2n) is 5.26. The van der Waals surface area contributed by atoms with Crippen molar-refractivity contribution in [2.75, 3.05) is 19.6 Å². The van der Waals surface area contributed by atoms with Crippen molar-refractivity contribution < 1.29 is 0 Å². The highest BCUT2D eigenvalue weighted by Gasteiger charge is 2.26. The fourth-order valence-electron chi connectivity index (χ4n) is 2.67. The second-order valence-corrected chi connectivity index (χ2v) is 5.69. The van der Waals surface area contributed by atoms with Crippen LogP contribution < -0.4 is 5.32 Å². The first kappa shape index (κ1) is 13.9. The lowest BCUT2D eigenvalue weighted by Crippen LogP contribution is -2.53. The highest BCUT2D eigenvalue weighted by atomic mass is 35.5. The molecular formula is C15H23ClN2. The quantitative estimate of drug-likeness (QED) is 0.901. The lowest BCUT2D eigenvalue weighted by molar-refractivity contribution is 0.109. The minimum Gasteiger partial charge on any atom is -0.314 e. The predicted octanol–water partition coefficient (Wildman–Crippen LogP) is 3.16. The molecule has 2 nitrogen and oxygen atoms in total. The van der Waals surface area contributed by atoms with E-state index in [9.17, 15) is 0 Å². The SMILES string of the molecule is CCC(C)C1CNCCN1Cc1cccc(Cl)c1. The molecule has 0 radical (unpaired) electrons. The summed E-state index contributed by atoms with van der Waals surface area (Å²) in [6.07, 6.45) is 1.23. The van der Waals surface area contributed by atoms with Gasteiger partial charge in [-0.15, -0.1) is 0 Å². The number of hydrogen-bond donors (Lipinski definition) is 1. The van der Waals surface area contributed by atoms with Crippen molar-refractivity contribution in [1.29, 1.82) is 0 Å². The summed E-state index contributed by atoms with van der Waals surface area (Å²) in [5.74, 6) is 0.733. The molecule has 100 valence electrons. The van der Waals surface area contributed by atoms with E-state index in [0.717, 1.165) is 37.1 Å². The van der Waals surface area contributed by atoms with Gasteiger partial charge in [0.05, 0.1) is 0 Å². The van der Waals surface area contributed by atoms with Crippen LogP contribution in [-0.2, 0) is 6.54 Å². The molecule has 0 saturated carbocycles. The highest BCUT2D eigenvalue weighted by Crippen LogP contribution is 2.20.